The van der Waals surface area contributed by atoms with Crippen LogP contribution >= 0.6 is 0 Å². The molecule has 30 heavy (non-hydrogen) atoms. The maximum atomic E-state index is 13.8. The first kappa shape index (κ1) is 19.5. The van der Waals surface area contributed by atoms with Crippen LogP contribution in [0.25, 0.3) is 16.6 Å². The van der Waals surface area contributed by atoms with E-state index < -0.39 is 11.7 Å². The van der Waals surface area contributed by atoms with Gasteiger partial charge in [-0.1, -0.05) is 18.2 Å². The smallest absolute Gasteiger partial charge is 0.265 e. The van der Waals surface area contributed by atoms with E-state index in [0.29, 0.717) is 33.7 Å². The van der Waals surface area contributed by atoms with Crippen LogP contribution in [0.15, 0.2) is 65.5 Å². The van der Waals surface area contributed by atoms with E-state index in [1.54, 1.807) is 48.7 Å². The standard InChI is InChI=1S/C24H20FN3O2/c1-14-8-9-17(13-20(14)25)23(29)27-21-11-10-18(12-15(21)2)28-16(3)26-22-7-5-4-6-19(22)24(28)30/h4-13H,1-3H3,(H,27,29). The molecule has 6 heteroatoms. The summed E-state index contributed by atoms with van der Waals surface area (Å²) in [6, 6.07) is 16.9. The van der Waals surface area contributed by atoms with E-state index in [1.165, 1.54) is 6.07 Å². The molecule has 0 aliphatic carbocycles. The van der Waals surface area contributed by atoms with Crippen molar-refractivity contribution in [3.63, 3.8) is 0 Å². The molecule has 5 nitrogen and oxygen atoms in total. The van der Waals surface area contributed by atoms with Crippen LogP contribution in [0.3, 0.4) is 0 Å². The third kappa shape index (κ3) is 3.48. The fourth-order valence-corrected chi connectivity index (χ4v) is 3.40. The Bertz CT molecular complexity index is 1360. The maximum Gasteiger partial charge on any atom is 0.265 e. The van der Waals surface area contributed by atoms with Crippen molar-refractivity contribution in [1.29, 1.82) is 0 Å². The second-order valence-electron chi connectivity index (χ2n) is 7.23. The third-order valence-electron chi connectivity index (χ3n) is 5.09. The summed E-state index contributed by atoms with van der Waals surface area (Å²) in [5.41, 5.74) is 3.25. The number of aryl methyl sites for hydroxylation is 3. The van der Waals surface area contributed by atoms with E-state index in [-0.39, 0.29) is 11.1 Å². The van der Waals surface area contributed by atoms with E-state index in [1.807, 2.05) is 31.2 Å². The summed E-state index contributed by atoms with van der Waals surface area (Å²) in [6.45, 7) is 5.26. The zero-order valence-corrected chi connectivity index (χ0v) is 16.9. The number of carbonyl (C=O) groups excluding carboxylic acids is 1. The van der Waals surface area contributed by atoms with Crippen molar-refractivity contribution in [3.8, 4) is 5.69 Å². The molecule has 0 bridgehead atoms. The number of rotatable bonds is 3. The number of amides is 1. The predicted molar refractivity (Wildman–Crippen MR) is 116 cm³/mol. The molecule has 0 saturated carbocycles. The molecule has 4 aromatic rings. The Labute approximate surface area is 172 Å². The van der Waals surface area contributed by atoms with Gasteiger partial charge in [0.2, 0.25) is 0 Å². The van der Waals surface area contributed by atoms with Gasteiger partial charge in [-0.25, -0.2) is 9.37 Å². The van der Waals surface area contributed by atoms with Gasteiger partial charge in [0.25, 0.3) is 11.5 Å². The topological polar surface area (TPSA) is 64.0 Å². The van der Waals surface area contributed by atoms with Crippen LogP contribution in [0, 0.1) is 26.6 Å². The number of halogens is 1. The minimum absolute atomic E-state index is 0.149. The van der Waals surface area contributed by atoms with Gasteiger partial charge in [-0.05, 0) is 74.4 Å². The Hall–Kier alpha value is -3.80. The Morgan fingerprint density at radius 1 is 0.967 bits per heavy atom. The summed E-state index contributed by atoms with van der Waals surface area (Å²) in [5, 5.41) is 3.34. The molecular weight excluding hydrogens is 381 g/mol. The predicted octanol–water partition coefficient (Wildman–Crippen LogP) is 4.70. The summed E-state index contributed by atoms with van der Waals surface area (Å²) in [4.78, 5) is 30.0. The van der Waals surface area contributed by atoms with Gasteiger partial charge in [0.15, 0.2) is 0 Å². The molecule has 1 heterocycles. The number of benzene rings is 3. The van der Waals surface area contributed by atoms with Crippen molar-refractivity contribution < 1.29 is 9.18 Å². The highest BCUT2D eigenvalue weighted by molar-refractivity contribution is 6.04. The lowest BCUT2D eigenvalue weighted by Gasteiger charge is -2.14. The fraction of sp³-hybridized carbons (Fsp3) is 0.125. The van der Waals surface area contributed by atoms with Crippen LogP contribution < -0.4 is 10.9 Å². The van der Waals surface area contributed by atoms with E-state index in [2.05, 4.69) is 10.3 Å². The Balaban J connectivity index is 1.69. The minimum Gasteiger partial charge on any atom is -0.322 e. The number of nitrogens with one attached hydrogen (secondary N) is 1. The van der Waals surface area contributed by atoms with Gasteiger partial charge in [-0.15, -0.1) is 0 Å². The number of anilines is 1. The average molecular weight is 401 g/mol. The second kappa shape index (κ2) is 7.55. The van der Waals surface area contributed by atoms with Gasteiger partial charge in [-0.3, -0.25) is 14.2 Å². The molecule has 0 spiro atoms. The Morgan fingerprint density at radius 2 is 1.73 bits per heavy atom. The molecule has 1 aromatic heterocycles. The number of hydrogen-bond donors (Lipinski definition) is 1. The van der Waals surface area contributed by atoms with Crippen LogP contribution in [0.2, 0.25) is 0 Å². The number of para-hydroxylation sites is 1. The van der Waals surface area contributed by atoms with Gasteiger partial charge < -0.3 is 5.32 Å². The zero-order valence-electron chi connectivity index (χ0n) is 16.9. The van der Waals surface area contributed by atoms with E-state index in [0.717, 1.165) is 5.56 Å². The summed E-state index contributed by atoms with van der Waals surface area (Å²) in [6.07, 6.45) is 0. The lowest BCUT2D eigenvalue weighted by atomic mass is 10.1. The molecule has 0 saturated heterocycles. The Kier molecular flexibility index (Phi) is 4.91. The molecule has 0 aliphatic rings. The maximum absolute atomic E-state index is 13.8. The van der Waals surface area contributed by atoms with Crippen molar-refractivity contribution in [1.82, 2.24) is 9.55 Å². The highest BCUT2D eigenvalue weighted by atomic mass is 19.1. The van der Waals surface area contributed by atoms with Crippen molar-refractivity contribution in [2.24, 2.45) is 0 Å². The first-order valence-corrected chi connectivity index (χ1v) is 9.52. The van der Waals surface area contributed by atoms with E-state index in [9.17, 15) is 14.0 Å². The molecule has 0 aliphatic heterocycles. The zero-order chi connectivity index (χ0) is 21.4. The summed E-state index contributed by atoms with van der Waals surface area (Å²) in [5.74, 6) is -0.246. The van der Waals surface area contributed by atoms with Crippen LogP contribution in [-0.2, 0) is 0 Å². The summed E-state index contributed by atoms with van der Waals surface area (Å²) < 4.78 is 15.3. The quantitative estimate of drug-likeness (QED) is 0.541. The number of nitrogens with zero attached hydrogens (tertiary/aromatic N) is 2. The highest BCUT2D eigenvalue weighted by Crippen LogP contribution is 2.21. The van der Waals surface area contributed by atoms with Gasteiger partial charge in [0.1, 0.15) is 11.6 Å². The second-order valence-corrected chi connectivity index (χ2v) is 7.23. The molecule has 150 valence electrons. The van der Waals surface area contributed by atoms with Crippen LogP contribution in [-0.4, -0.2) is 15.5 Å². The Morgan fingerprint density at radius 3 is 2.47 bits per heavy atom. The molecule has 0 radical (unpaired) electrons. The molecular formula is C24H20FN3O2. The van der Waals surface area contributed by atoms with Crippen LogP contribution in [0.5, 0.6) is 0 Å². The first-order valence-electron chi connectivity index (χ1n) is 9.52. The largest absolute Gasteiger partial charge is 0.322 e. The number of hydrogen-bond acceptors (Lipinski definition) is 3. The lowest BCUT2D eigenvalue weighted by Crippen LogP contribution is -2.22. The normalized spacial score (nSPS) is 10.9. The molecule has 1 amide bonds. The molecule has 0 unspecified atom stereocenters. The number of aromatic nitrogens is 2. The lowest BCUT2D eigenvalue weighted by molar-refractivity contribution is 0.102. The van der Waals surface area contributed by atoms with Gasteiger partial charge in [0.05, 0.1) is 16.6 Å². The van der Waals surface area contributed by atoms with Crippen molar-refractivity contribution in [2.45, 2.75) is 20.8 Å². The SMILES string of the molecule is Cc1ccc(C(=O)Nc2ccc(-n3c(C)nc4ccccc4c3=O)cc2C)cc1F. The average Bonchev–Trinajstić information content (AvgIpc) is 2.72. The van der Waals surface area contributed by atoms with E-state index >= 15 is 0 Å². The van der Waals surface area contributed by atoms with Crippen LogP contribution in [0.4, 0.5) is 10.1 Å². The van der Waals surface area contributed by atoms with Crippen molar-refractivity contribution in [2.75, 3.05) is 5.32 Å². The molecule has 4 rings (SSSR count). The highest BCUT2D eigenvalue weighted by Gasteiger charge is 2.13. The van der Waals surface area contributed by atoms with Crippen molar-refractivity contribution >= 4 is 22.5 Å². The van der Waals surface area contributed by atoms with Crippen LogP contribution in [0.1, 0.15) is 27.3 Å². The van der Waals surface area contributed by atoms with E-state index in [4.69, 9.17) is 0 Å². The fourth-order valence-electron chi connectivity index (χ4n) is 3.40. The minimum atomic E-state index is -0.423. The first-order chi connectivity index (χ1) is 14.3. The summed E-state index contributed by atoms with van der Waals surface area (Å²) >= 11 is 0. The van der Waals surface area contributed by atoms with Gasteiger partial charge >= 0.3 is 0 Å². The number of fused-ring (bicyclic) bond motifs is 1. The molecule has 3 aromatic carbocycles. The molecule has 0 atom stereocenters. The molecule has 0 fully saturated rings. The number of carbonyl (C=O) groups is 1. The molecule has 1 N–H and O–H groups in total. The van der Waals surface area contributed by atoms with Crippen molar-refractivity contribution in [3.05, 3.63) is 99.3 Å². The van der Waals surface area contributed by atoms with Gasteiger partial charge in [-0.2, -0.15) is 0 Å². The third-order valence-corrected chi connectivity index (χ3v) is 5.09. The van der Waals surface area contributed by atoms with Gasteiger partial charge in [0, 0.05) is 11.3 Å². The monoisotopic (exact) mass is 401 g/mol. The summed E-state index contributed by atoms with van der Waals surface area (Å²) in [7, 11) is 0.